The number of carbonyl (C=O) groups is 2. The number of piperidine rings is 1. The van der Waals surface area contributed by atoms with Crippen LogP contribution < -0.4 is 5.32 Å². The number of anilines is 1. The third kappa shape index (κ3) is 4.28. The second kappa shape index (κ2) is 8.05. The van der Waals surface area contributed by atoms with Crippen LogP contribution in [0.4, 0.5) is 5.69 Å². The van der Waals surface area contributed by atoms with E-state index in [0.29, 0.717) is 24.3 Å². The molecule has 2 aromatic carbocycles. The summed E-state index contributed by atoms with van der Waals surface area (Å²) in [5.41, 5.74) is 4.06. The Labute approximate surface area is 160 Å². The SMILES string of the molecule is O=C1CCc2ccc(C(=O)CCN3CCC(c4ccccc4)CC3)cc2N1. The van der Waals surface area contributed by atoms with Crippen LogP contribution in [-0.4, -0.2) is 36.2 Å². The highest BCUT2D eigenvalue weighted by Crippen LogP contribution is 2.28. The first kappa shape index (κ1) is 17.9. The minimum atomic E-state index is 0.0355. The Kier molecular flexibility index (Phi) is 5.35. The summed E-state index contributed by atoms with van der Waals surface area (Å²) in [7, 11) is 0. The molecule has 0 aromatic heterocycles. The molecule has 1 fully saturated rings. The van der Waals surface area contributed by atoms with Crippen molar-refractivity contribution in [2.45, 2.75) is 38.0 Å². The highest BCUT2D eigenvalue weighted by molar-refractivity contribution is 6.00. The van der Waals surface area contributed by atoms with Crippen molar-refractivity contribution in [3.05, 3.63) is 65.2 Å². The fourth-order valence-electron chi connectivity index (χ4n) is 4.16. The number of hydrogen-bond acceptors (Lipinski definition) is 3. The average Bonchev–Trinajstić information content (AvgIpc) is 2.72. The van der Waals surface area contributed by atoms with Crippen LogP contribution in [0, 0.1) is 0 Å². The summed E-state index contributed by atoms with van der Waals surface area (Å²) in [6, 6.07) is 16.5. The molecule has 2 aromatic rings. The van der Waals surface area contributed by atoms with Crippen molar-refractivity contribution in [3.8, 4) is 0 Å². The van der Waals surface area contributed by atoms with Gasteiger partial charge >= 0.3 is 0 Å². The number of fused-ring (bicyclic) bond motifs is 1. The molecule has 1 amide bonds. The van der Waals surface area contributed by atoms with Gasteiger partial charge in [-0.1, -0.05) is 42.5 Å². The third-order valence-corrected chi connectivity index (χ3v) is 5.84. The third-order valence-electron chi connectivity index (χ3n) is 5.84. The Bertz CT molecular complexity index is 824. The molecular weight excluding hydrogens is 336 g/mol. The number of benzene rings is 2. The van der Waals surface area contributed by atoms with Crippen LogP contribution >= 0.6 is 0 Å². The Morgan fingerprint density at radius 3 is 2.59 bits per heavy atom. The van der Waals surface area contributed by atoms with Crippen LogP contribution in [0.1, 0.15) is 53.1 Å². The molecule has 2 aliphatic rings. The van der Waals surface area contributed by atoms with Crippen LogP contribution in [0.3, 0.4) is 0 Å². The van der Waals surface area contributed by atoms with Gasteiger partial charge in [-0.15, -0.1) is 0 Å². The maximum atomic E-state index is 12.6. The first-order valence-electron chi connectivity index (χ1n) is 9.92. The molecule has 0 bridgehead atoms. The number of nitrogens with zero attached hydrogens (tertiary/aromatic N) is 1. The van der Waals surface area contributed by atoms with Gasteiger partial charge in [-0.25, -0.2) is 0 Å². The molecule has 140 valence electrons. The standard InChI is InChI=1S/C23H26N2O2/c26-22(20-7-6-19-8-9-23(27)24-21(19)16-20)12-15-25-13-10-18(11-14-25)17-4-2-1-3-5-17/h1-7,16,18H,8-15H2,(H,24,27). The molecule has 1 saturated heterocycles. The van der Waals surface area contributed by atoms with Crippen LogP contribution in [0.5, 0.6) is 0 Å². The summed E-state index contributed by atoms with van der Waals surface area (Å²) in [5, 5.41) is 2.88. The van der Waals surface area contributed by atoms with Gasteiger partial charge < -0.3 is 10.2 Å². The second-order valence-electron chi connectivity index (χ2n) is 7.62. The molecular formula is C23H26N2O2. The van der Waals surface area contributed by atoms with E-state index in [4.69, 9.17) is 0 Å². The molecule has 0 unspecified atom stereocenters. The maximum Gasteiger partial charge on any atom is 0.224 e. The lowest BCUT2D eigenvalue weighted by Gasteiger charge is -2.32. The van der Waals surface area contributed by atoms with Gasteiger partial charge in [0.2, 0.25) is 5.91 Å². The van der Waals surface area contributed by atoms with Crippen LogP contribution in [0.15, 0.2) is 48.5 Å². The monoisotopic (exact) mass is 362 g/mol. The van der Waals surface area contributed by atoms with E-state index in [1.54, 1.807) is 0 Å². The molecule has 0 atom stereocenters. The average molecular weight is 362 g/mol. The van der Waals surface area contributed by atoms with Gasteiger partial charge in [-0.05, 0) is 55.5 Å². The van der Waals surface area contributed by atoms with Gasteiger partial charge in [0, 0.05) is 30.6 Å². The Morgan fingerprint density at radius 2 is 1.81 bits per heavy atom. The lowest BCUT2D eigenvalue weighted by atomic mass is 9.89. The summed E-state index contributed by atoms with van der Waals surface area (Å²) in [6.45, 7) is 2.91. The number of carbonyl (C=O) groups excluding carboxylic acids is 2. The Hall–Kier alpha value is -2.46. The quantitative estimate of drug-likeness (QED) is 0.817. The minimum absolute atomic E-state index is 0.0355. The molecule has 4 rings (SSSR count). The van der Waals surface area contributed by atoms with Crippen LogP contribution in [0.2, 0.25) is 0 Å². The zero-order valence-corrected chi connectivity index (χ0v) is 15.6. The molecule has 4 heteroatoms. The van der Waals surface area contributed by atoms with Gasteiger partial charge in [0.15, 0.2) is 5.78 Å². The van der Waals surface area contributed by atoms with Gasteiger partial charge in [0.05, 0.1) is 0 Å². The molecule has 0 aliphatic carbocycles. The molecule has 1 N–H and O–H groups in total. The summed E-state index contributed by atoms with van der Waals surface area (Å²) in [4.78, 5) is 26.6. The predicted molar refractivity (Wildman–Crippen MR) is 107 cm³/mol. The van der Waals surface area contributed by atoms with E-state index in [1.807, 2.05) is 18.2 Å². The number of aryl methyl sites for hydroxylation is 1. The number of rotatable bonds is 5. The fraction of sp³-hybridized carbons (Fsp3) is 0.391. The molecule has 0 spiro atoms. The van der Waals surface area contributed by atoms with Crippen molar-refractivity contribution in [3.63, 3.8) is 0 Å². The summed E-state index contributed by atoms with van der Waals surface area (Å²) in [5.74, 6) is 0.832. The van der Waals surface area contributed by atoms with E-state index < -0.39 is 0 Å². The highest BCUT2D eigenvalue weighted by atomic mass is 16.1. The van der Waals surface area contributed by atoms with E-state index in [9.17, 15) is 9.59 Å². The summed E-state index contributed by atoms with van der Waals surface area (Å²) < 4.78 is 0. The van der Waals surface area contributed by atoms with Gasteiger partial charge in [0.25, 0.3) is 0 Å². The fourth-order valence-corrected chi connectivity index (χ4v) is 4.16. The number of Topliss-reactive ketones (excluding diaryl/α,β-unsaturated/α-hetero) is 1. The number of ketones is 1. The van der Waals surface area contributed by atoms with Gasteiger partial charge in [-0.2, -0.15) is 0 Å². The molecule has 0 radical (unpaired) electrons. The topological polar surface area (TPSA) is 49.4 Å². The molecule has 27 heavy (non-hydrogen) atoms. The van der Waals surface area contributed by atoms with Crippen molar-refractivity contribution in [2.75, 3.05) is 25.0 Å². The number of likely N-dealkylation sites (tertiary alicyclic amines) is 1. The lowest BCUT2D eigenvalue weighted by Crippen LogP contribution is -2.34. The van der Waals surface area contributed by atoms with E-state index in [0.717, 1.165) is 50.1 Å². The van der Waals surface area contributed by atoms with Crippen LogP contribution in [0.25, 0.3) is 0 Å². The highest BCUT2D eigenvalue weighted by Gasteiger charge is 2.21. The molecule has 2 aliphatic heterocycles. The summed E-state index contributed by atoms with van der Waals surface area (Å²) in [6.07, 6.45) is 4.13. The first-order chi connectivity index (χ1) is 13.2. The van der Waals surface area contributed by atoms with Crippen molar-refractivity contribution in [1.82, 2.24) is 4.90 Å². The second-order valence-corrected chi connectivity index (χ2v) is 7.62. The maximum absolute atomic E-state index is 12.6. The number of hydrogen-bond donors (Lipinski definition) is 1. The minimum Gasteiger partial charge on any atom is -0.326 e. The van der Waals surface area contributed by atoms with E-state index >= 15 is 0 Å². The largest absolute Gasteiger partial charge is 0.326 e. The molecule has 4 nitrogen and oxygen atoms in total. The number of amides is 1. The van der Waals surface area contributed by atoms with Crippen molar-refractivity contribution >= 4 is 17.4 Å². The van der Waals surface area contributed by atoms with E-state index in [2.05, 4.69) is 40.5 Å². The smallest absolute Gasteiger partial charge is 0.224 e. The zero-order chi connectivity index (χ0) is 18.6. The lowest BCUT2D eigenvalue weighted by molar-refractivity contribution is -0.116. The van der Waals surface area contributed by atoms with Crippen molar-refractivity contribution in [2.24, 2.45) is 0 Å². The van der Waals surface area contributed by atoms with E-state index in [1.165, 1.54) is 5.56 Å². The predicted octanol–water partition coefficient (Wildman–Crippen LogP) is 4.02. The molecule has 2 heterocycles. The summed E-state index contributed by atoms with van der Waals surface area (Å²) >= 11 is 0. The van der Waals surface area contributed by atoms with Crippen molar-refractivity contribution < 1.29 is 9.59 Å². The van der Waals surface area contributed by atoms with E-state index in [-0.39, 0.29) is 11.7 Å². The Balaban J connectivity index is 1.29. The number of nitrogens with one attached hydrogen (secondary N) is 1. The zero-order valence-electron chi connectivity index (χ0n) is 15.6. The Morgan fingerprint density at radius 1 is 1.04 bits per heavy atom. The first-order valence-corrected chi connectivity index (χ1v) is 9.92. The normalized spacial score (nSPS) is 18.0. The van der Waals surface area contributed by atoms with Gasteiger partial charge in [-0.3, -0.25) is 9.59 Å². The van der Waals surface area contributed by atoms with Crippen molar-refractivity contribution in [1.29, 1.82) is 0 Å². The van der Waals surface area contributed by atoms with Crippen LogP contribution in [-0.2, 0) is 11.2 Å². The molecule has 0 saturated carbocycles. The van der Waals surface area contributed by atoms with Gasteiger partial charge in [0.1, 0.15) is 0 Å².